The number of thiophene rings is 1. The lowest BCUT2D eigenvalue weighted by atomic mass is 10.0. The topological polar surface area (TPSA) is 73.2 Å². The summed E-state index contributed by atoms with van der Waals surface area (Å²) in [5.41, 5.74) is 2.14. The van der Waals surface area contributed by atoms with E-state index in [0.717, 1.165) is 20.5 Å². The number of carbonyl (C=O) groups is 1. The maximum atomic E-state index is 13.6. The third-order valence-corrected chi connectivity index (χ3v) is 6.88. The second-order valence-electron chi connectivity index (χ2n) is 7.29. The molecule has 164 valence electrons. The smallest absolute Gasteiger partial charge is 0.263 e. The van der Waals surface area contributed by atoms with Crippen molar-refractivity contribution in [1.82, 2.24) is 9.55 Å². The first-order chi connectivity index (χ1) is 15.4. The molecule has 0 aliphatic heterocycles. The second-order valence-corrected chi connectivity index (χ2v) is 9.41. The number of hydrogen-bond donors (Lipinski definition) is 1. The van der Waals surface area contributed by atoms with E-state index in [4.69, 9.17) is 4.74 Å². The highest BCUT2D eigenvalue weighted by Gasteiger charge is 2.24. The maximum absolute atomic E-state index is 13.6. The Morgan fingerprint density at radius 2 is 1.94 bits per heavy atom. The normalized spacial score (nSPS) is 12.0. The standard InChI is InChI=1S/C24H22BrN3O3S/c1-4-18(22(29)27-17-7-5-6-8-19(17)31-3)28-13-26-23-21(24(28)30)20(14(2)32-23)15-9-11-16(25)12-10-15/h5-13,18H,4H2,1-3H3,(H,27,29). The number of anilines is 1. The van der Waals surface area contributed by atoms with Crippen molar-refractivity contribution >= 4 is 49.1 Å². The first-order valence-corrected chi connectivity index (χ1v) is 11.8. The van der Waals surface area contributed by atoms with Gasteiger partial charge in [-0.2, -0.15) is 0 Å². The fourth-order valence-electron chi connectivity index (χ4n) is 3.77. The van der Waals surface area contributed by atoms with Crippen LogP contribution >= 0.6 is 27.3 Å². The first kappa shape index (κ1) is 22.2. The van der Waals surface area contributed by atoms with Gasteiger partial charge in [0.2, 0.25) is 5.91 Å². The van der Waals surface area contributed by atoms with Crippen molar-refractivity contribution in [2.45, 2.75) is 26.3 Å². The zero-order chi connectivity index (χ0) is 22.8. The summed E-state index contributed by atoms with van der Waals surface area (Å²) < 4.78 is 7.72. The molecule has 0 fully saturated rings. The second kappa shape index (κ2) is 9.26. The van der Waals surface area contributed by atoms with Gasteiger partial charge < -0.3 is 10.1 Å². The van der Waals surface area contributed by atoms with E-state index >= 15 is 0 Å². The van der Waals surface area contributed by atoms with Crippen LogP contribution in [-0.2, 0) is 4.79 Å². The van der Waals surface area contributed by atoms with Crippen LogP contribution in [0.2, 0.25) is 0 Å². The molecule has 32 heavy (non-hydrogen) atoms. The van der Waals surface area contributed by atoms with E-state index in [0.29, 0.717) is 28.1 Å². The summed E-state index contributed by atoms with van der Waals surface area (Å²) in [6.45, 7) is 3.86. The third-order valence-electron chi connectivity index (χ3n) is 5.34. The largest absolute Gasteiger partial charge is 0.495 e. The number of carbonyl (C=O) groups excluding carboxylic acids is 1. The molecule has 6 nitrogen and oxygen atoms in total. The number of fused-ring (bicyclic) bond motifs is 1. The molecule has 0 spiro atoms. The van der Waals surface area contributed by atoms with Gasteiger partial charge in [-0.3, -0.25) is 14.2 Å². The van der Waals surface area contributed by atoms with Crippen molar-refractivity contribution in [2.75, 3.05) is 12.4 Å². The van der Waals surface area contributed by atoms with Crippen LogP contribution in [0.4, 0.5) is 5.69 Å². The van der Waals surface area contributed by atoms with E-state index in [1.165, 1.54) is 22.2 Å². The lowest BCUT2D eigenvalue weighted by Gasteiger charge is -2.18. The average molecular weight is 512 g/mol. The van der Waals surface area contributed by atoms with Gasteiger partial charge in [0.15, 0.2) is 0 Å². The summed E-state index contributed by atoms with van der Waals surface area (Å²) in [5, 5.41) is 3.43. The first-order valence-electron chi connectivity index (χ1n) is 10.1. The number of amides is 1. The lowest BCUT2D eigenvalue weighted by molar-refractivity contribution is -0.119. The zero-order valence-electron chi connectivity index (χ0n) is 17.9. The Labute approximate surface area is 198 Å². The number of halogens is 1. The van der Waals surface area contributed by atoms with E-state index in [-0.39, 0.29) is 11.5 Å². The number of hydrogen-bond acceptors (Lipinski definition) is 5. The molecule has 4 rings (SSSR count). The number of aryl methyl sites for hydroxylation is 1. The van der Waals surface area contributed by atoms with Crippen molar-refractivity contribution < 1.29 is 9.53 Å². The minimum absolute atomic E-state index is 0.223. The van der Waals surface area contributed by atoms with Crippen molar-refractivity contribution in [3.8, 4) is 16.9 Å². The van der Waals surface area contributed by atoms with Gasteiger partial charge in [-0.05, 0) is 43.2 Å². The number of benzene rings is 2. The molecule has 0 aliphatic carbocycles. The number of nitrogens with one attached hydrogen (secondary N) is 1. The molecule has 0 saturated heterocycles. The Hall–Kier alpha value is -2.97. The fraction of sp³-hybridized carbons (Fsp3) is 0.208. The molecule has 2 aromatic heterocycles. The molecule has 1 amide bonds. The van der Waals surface area contributed by atoms with Gasteiger partial charge in [-0.25, -0.2) is 4.98 Å². The molecule has 1 unspecified atom stereocenters. The van der Waals surface area contributed by atoms with Crippen LogP contribution < -0.4 is 15.6 Å². The Morgan fingerprint density at radius 1 is 1.22 bits per heavy atom. The van der Waals surface area contributed by atoms with Crippen LogP contribution in [0.1, 0.15) is 24.3 Å². The number of aromatic nitrogens is 2. The highest BCUT2D eigenvalue weighted by molar-refractivity contribution is 9.10. The van der Waals surface area contributed by atoms with Gasteiger partial charge in [0.05, 0.1) is 24.5 Å². The predicted molar refractivity (Wildman–Crippen MR) is 133 cm³/mol. The number of para-hydroxylation sites is 2. The van der Waals surface area contributed by atoms with Gasteiger partial charge in [-0.15, -0.1) is 11.3 Å². The molecule has 4 aromatic rings. The van der Waals surface area contributed by atoms with Crippen LogP contribution in [0, 0.1) is 6.92 Å². The number of rotatable bonds is 6. The molecule has 2 heterocycles. The van der Waals surface area contributed by atoms with Crippen molar-refractivity contribution in [1.29, 1.82) is 0 Å². The quantitative estimate of drug-likeness (QED) is 0.355. The molecular weight excluding hydrogens is 490 g/mol. The summed E-state index contributed by atoms with van der Waals surface area (Å²) in [6.07, 6.45) is 1.91. The summed E-state index contributed by atoms with van der Waals surface area (Å²) >= 11 is 4.94. The molecule has 0 aliphatic rings. The van der Waals surface area contributed by atoms with Crippen LogP contribution in [0.5, 0.6) is 5.75 Å². The Kier molecular flexibility index (Phi) is 6.43. The van der Waals surface area contributed by atoms with E-state index in [1.54, 1.807) is 19.2 Å². The van der Waals surface area contributed by atoms with Crippen molar-refractivity contribution in [3.63, 3.8) is 0 Å². The molecule has 0 bridgehead atoms. The Balaban J connectivity index is 1.78. The molecule has 2 aromatic carbocycles. The summed E-state index contributed by atoms with van der Waals surface area (Å²) in [6, 6.07) is 14.3. The average Bonchev–Trinajstić information content (AvgIpc) is 3.13. The molecule has 0 radical (unpaired) electrons. The Morgan fingerprint density at radius 3 is 2.62 bits per heavy atom. The maximum Gasteiger partial charge on any atom is 0.263 e. The minimum Gasteiger partial charge on any atom is -0.495 e. The number of methoxy groups -OCH3 is 1. The van der Waals surface area contributed by atoms with Crippen LogP contribution in [-0.4, -0.2) is 22.6 Å². The van der Waals surface area contributed by atoms with Crippen molar-refractivity contribution in [2.24, 2.45) is 0 Å². The summed E-state index contributed by atoms with van der Waals surface area (Å²) in [7, 11) is 1.55. The lowest BCUT2D eigenvalue weighted by Crippen LogP contribution is -2.33. The van der Waals surface area contributed by atoms with Crippen LogP contribution in [0.25, 0.3) is 21.3 Å². The van der Waals surface area contributed by atoms with Crippen molar-refractivity contribution in [3.05, 3.63) is 74.6 Å². The third kappa shape index (κ3) is 4.08. The van der Waals surface area contributed by atoms with Crippen LogP contribution in [0.3, 0.4) is 0 Å². The van der Waals surface area contributed by atoms with Gasteiger partial charge >= 0.3 is 0 Å². The van der Waals surface area contributed by atoms with Crippen LogP contribution in [0.15, 0.2) is 64.1 Å². The van der Waals surface area contributed by atoms with Gasteiger partial charge in [-0.1, -0.05) is 47.1 Å². The van der Waals surface area contributed by atoms with E-state index in [1.807, 2.05) is 50.2 Å². The van der Waals surface area contributed by atoms with E-state index < -0.39 is 6.04 Å². The fourth-order valence-corrected chi connectivity index (χ4v) is 5.04. The predicted octanol–water partition coefficient (Wildman–Crippen LogP) is 5.79. The monoisotopic (exact) mass is 511 g/mol. The zero-order valence-corrected chi connectivity index (χ0v) is 20.3. The minimum atomic E-state index is -0.706. The highest BCUT2D eigenvalue weighted by Crippen LogP contribution is 2.36. The van der Waals surface area contributed by atoms with Gasteiger partial charge in [0, 0.05) is 14.9 Å². The molecular formula is C24H22BrN3O3S. The van der Waals surface area contributed by atoms with Gasteiger partial charge in [0.25, 0.3) is 5.56 Å². The summed E-state index contributed by atoms with van der Waals surface area (Å²) in [4.78, 5) is 32.9. The SMILES string of the molecule is CCC(C(=O)Nc1ccccc1OC)n1cnc2sc(C)c(-c3ccc(Br)cc3)c2c1=O. The molecule has 8 heteroatoms. The summed E-state index contributed by atoms with van der Waals surface area (Å²) in [5.74, 6) is 0.264. The Bertz CT molecular complexity index is 1350. The molecule has 1 atom stereocenters. The number of nitrogens with zero attached hydrogens (tertiary/aromatic N) is 2. The van der Waals surface area contributed by atoms with Gasteiger partial charge in [0.1, 0.15) is 16.6 Å². The number of ether oxygens (including phenoxy) is 1. The molecule has 0 saturated carbocycles. The highest BCUT2D eigenvalue weighted by atomic mass is 79.9. The van der Waals surface area contributed by atoms with E-state index in [2.05, 4.69) is 26.2 Å². The van der Waals surface area contributed by atoms with E-state index in [9.17, 15) is 9.59 Å². The molecule has 1 N–H and O–H groups in total.